The number of nitrogens with one attached hydrogen (secondary N) is 1. The number of hydrogen-bond acceptors (Lipinski definition) is 5. The van der Waals surface area contributed by atoms with E-state index in [0.717, 1.165) is 11.1 Å². The number of carbonyl (C=O) groups is 1. The van der Waals surface area contributed by atoms with Gasteiger partial charge in [-0.25, -0.2) is 4.98 Å². The van der Waals surface area contributed by atoms with Gasteiger partial charge in [0.15, 0.2) is 0 Å². The average molecular weight is 464 g/mol. The fourth-order valence-electron chi connectivity index (χ4n) is 3.70. The zero-order valence-electron chi connectivity index (χ0n) is 18.1. The Morgan fingerprint density at radius 1 is 1.15 bits per heavy atom. The molecular formula is C25H22ClN3O4. The number of carbonyl (C=O) groups excluding carboxylic acids is 1. The van der Waals surface area contributed by atoms with Gasteiger partial charge in [0.25, 0.3) is 11.5 Å². The zero-order valence-corrected chi connectivity index (χ0v) is 18.9. The number of nitrogens with zero attached hydrogens (tertiary/aromatic N) is 2. The lowest BCUT2D eigenvalue weighted by Gasteiger charge is -2.13. The summed E-state index contributed by atoms with van der Waals surface area (Å²) in [7, 11) is 3.17. The number of methoxy groups -OCH3 is 1. The van der Waals surface area contributed by atoms with E-state index < -0.39 is 0 Å². The lowest BCUT2D eigenvalue weighted by Crippen LogP contribution is -2.24. The molecule has 0 aliphatic heterocycles. The molecule has 0 radical (unpaired) electrons. The average Bonchev–Trinajstić information content (AvgIpc) is 2.83. The Balaban J connectivity index is 1.65. The Bertz CT molecular complexity index is 1410. The number of aromatic nitrogens is 2. The van der Waals surface area contributed by atoms with E-state index in [4.69, 9.17) is 16.3 Å². The van der Waals surface area contributed by atoms with E-state index in [1.807, 2.05) is 6.07 Å². The van der Waals surface area contributed by atoms with Gasteiger partial charge in [-0.2, -0.15) is 0 Å². The molecule has 4 aromatic rings. The zero-order chi connectivity index (χ0) is 23.5. The Morgan fingerprint density at radius 3 is 2.73 bits per heavy atom. The van der Waals surface area contributed by atoms with Crippen LogP contribution in [0.25, 0.3) is 10.9 Å². The van der Waals surface area contributed by atoms with Gasteiger partial charge < -0.3 is 19.7 Å². The summed E-state index contributed by atoms with van der Waals surface area (Å²) in [4.78, 5) is 29.7. The van der Waals surface area contributed by atoms with E-state index in [1.165, 1.54) is 11.7 Å². The molecule has 0 atom stereocenters. The number of pyridine rings is 2. The monoisotopic (exact) mass is 463 g/mol. The molecule has 4 rings (SSSR count). The fraction of sp³-hybridized carbons (Fsp3) is 0.160. The molecule has 8 heteroatoms. The normalized spacial score (nSPS) is 10.9. The standard InChI is InChI=1S/C25H22ClN3O4/c1-29-21-7-6-17(24(31)28-14-16-8-9-27-22(12-16)33-2)13-19(21)23(30)20(25(29)32)11-15-4-3-5-18(26)10-15/h3-10,12-13,30H,11,14H2,1-2H3,(H,28,31). The lowest BCUT2D eigenvalue weighted by atomic mass is 10.0. The van der Waals surface area contributed by atoms with Crippen LogP contribution in [0.1, 0.15) is 27.0 Å². The van der Waals surface area contributed by atoms with Crippen molar-refractivity contribution in [2.75, 3.05) is 7.11 Å². The van der Waals surface area contributed by atoms with Gasteiger partial charge in [0, 0.05) is 48.2 Å². The van der Waals surface area contributed by atoms with Crippen molar-refractivity contribution in [3.63, 3.8) is 0 Å². The summed E-state index contributed by atoms with van der Waals surface area (Å²) in [5.41, 5.74) is 2.48. The topological polar surface area (TPSA) is 93.5 Å². The van der Waals surface area contributed by atoms with Gasteiger partial charge in [-0.1, -0.05) is 23.7 Å². The summed E-state index contributed by atoms with van der Waals surface area (Å²) in [5, 5.41) is 14.8. The van der Waals surface area contributed by atoms with Crippen molar-refractivity contribution in [2.45, 2.75) is 13.0 Å². The minimum atomic E-state index is -0.308. The highest BCUT2D eigenvalue weighted by molar-refractivity contribution is 6.30. The van der Waals surface area contributed by atoms with Crippen LogP contribution in [0.5, 0.6) is 11.6 Å². The third kappa shape index (κ3) is 4.68. The number of aromatic hydroxyl groups is 1. The summed E-state index contributed by atoms with van der Waals surface area (Å²) in [6.07, 6.45) is 1.83. The molecule has 0 unspecified atom stereocenters. The molecule has 0 saturated carbocycles. The molecule has 0 saturated heterocycles. The third-order valence-corrected chi connectivity index (χ3v) is 5.69. The molecule has 0 aliphatic rings. The first-order valence-electron chi connectivity index (χ1n) is 10.2. The quantitative estimate of drug-likeness (QED) is 0.453. The molecule has 0 fully saturated rings. The third-order valence-electron chi connectivity index (χ3n) is 5.46. The van der Waals surface area contributed by atoms with Crippen LogP contribution in [0.2, 0.25) is 5.02 Å². The molecular weight excluding hydrogens is 442 g/mol. The molecule has 2 heterocycles. The fourth-order valence-corrected chi connectivity index (χ4v) is 3.91. The van der Waals surface area contributed by atoms with E-state index in [0.29, 0.717) is 27.4 Å². The second-order valence-corrected chi connectivity index (χ2v) is 8.06. The van der Waals surface area contributed by atoms with Crippen LogP contribution >= 0.6 is 11.6 Å². The van der Waals surface area contributed by atoms with Crippen LogP contribution in [0.15, 0.2) is 65.6 Å². The number of amides is 1. The predicted octanol–water partition coefficient (Wildman–Crippen LogP) is 3.82. The number of aryl methyl sites for hydroxylation is 1. The van der Waals surface area contributed by atoms with Crippen LogP contribution < -0.4 is 15.6 Å². The SMILES string of the molecule is COc1cc(CNC(=O)c2ccc3c(c2)c(O)c(Cc2cccc(Cl)c2)c(=O)n3C)ccn1. The molecule has 33 heavy (non-hydrogen) atoms. The van der Waals surface area contributed by atoms with E-state index in [2.05, 4.69) is 10.3 Å². The van der Waals surface area contributed by atoms with Crippen LogP contribution in [0, 0.1) is 0 Å². The second-order valence-electron chi connectivity index (χ2n) is 7.62. The minimum Gasteiger partial charge on any atom is -0.507 e. The second kappa shape index (κ2) is 9.34. The summed E-state index contributed by atoms with van der Waals surface area (Å²) < 4.78 is 6.57. The van der Waals surface area contributed by atoms with E-state index in [-0.39, 0.29) is 35.7 Å². The van der Waals surface area contributed by atoms with E-state index >= 15 is 0 Å². The smallest absolute Gasteiger partial charge is 0.258 e. The summed E-state index contributed by atoms with van der Waals surface area (Å²) in [6, 6.07) is 15.5. The summed E-state index contributed by atoms with van der Waals surface area (Å²) >= 11 is 6.06. The number of hydrogen-bond donors (Lipinski definition) is 2. The molecule has 1 amide bonds. The van der Waals surface area contributed by atoms with Crippen molar-refractivity contribution in [1.82, 2.24) is 14.9 Å². The van der Waals surface area contributed by atoms with Gasteiger partial charge in [-0.05, 0) is 47.5 Å². The first kappa shape index (κ1) is 22.4. The van der Waals surface area contributed by atoms with Gasteiger partial charge in [0.2, 0.25) is 5.88 Å². The van der Waals surface area contributed by atoms with Crippen molar-refractivity contribution in [3.05, 3.63) is 98.4 Å². The van der Waals surface area contributed by atoms with Gasteiger partial charge in [-0.3, -0.25) is 9.59 Å². The molecule has 7 nitrogen and oxygen atoms in total. The highest BCUT2D eigenvalue weighted by atomic mass is 35.5. The summed E-state index contributed by atoms with van der Waals surface area (Å²) in [6.45, 7) is 0.287. The van der Waals surface area contributed by atoms with Gasteiger partial charge in [0.1, 0.15) is 5.75 Å². The number of halogens is 1. The number of rotatable bonds is 6. The molecule has 2 aromatic heterocycles. The number of ether oxygens (including phenoxy) is 1. The molecule has 0 aliphatic carbocycles. The molecule has 0 bridgehead atoms. The van der Waals surface area contributed by atoms with Crippen molar-refractivity contribution < 1.29 is 14.6 Å². The van der Waals surface area contributed by atoms with Crippen molar-refractivity contribution >= 4 is 28.4 Å². The highest BCUT2D eigenvalue weighted by Crippen LogP contribution is 2.29. The van der Waals surface area contributed by atoms with Crippen molar-refractivity contribution in [3.8, 4) is 11.6 Å². The van der Waals surface area contributed by atoms with Crippen molar-refractivity contribution in [2.24, 2.45) is 7.05 Å². The molecule has 2 N–H and O–H groups in total. The number of benzene rings is 2. The maximum Gasteiger partial charge on any atom is 0.258 e. The highest BCUT2D eigenvalue weighted by Gasteiger charge is 2.17. The molecule has 2 aromatic carbocycles. The van der Waals surface area contributed by atoms with Crippen LogP contribution in [0.3, 0.4) is 0 Å². The molecule has 168 valence electrons. The maximum absolute atomic E-state index is 12.9. The van der Waals surface area contributed by atoms with Crippen LogP contribution in [-0.4, -0.2) is 27.7 Å². The first-order chi connectivity index (χ1) is 15.9. The Morgan fingerprint density at radius 2 is 1.97 bits per heavy atom. The van der Waals surface area contributed by atoms with E-state index in [1.54, 1.807) is 61.8 Å². The lowest BCUT2D eigenvalue weighted by molar-refractivity contribution is 0.0951. The van der Waals surface area contributed by atoms with Gasteiger partial charge in [-0.15, -0.1) is 0 Å². The summed E-state index contributed by atoms with van der Waals surface area (Å²) in [5.74, 6) is 0.0180. The number of fused-ring (bicyclic) bond motifs is 1. The van der Waals surface area contributed by atoms with Crippen LogP contribution in [0.4, 0.5) is 0 Å². The first-order valence-corrected chi connectivity index (χ1v) is 10.6. The van der Waals surface area contributed by atoms with Gasteiger partial charge >= 0.3 is 0 Å². The maximum atomic E-state index is 12.9. The van der Waals surface area contributed by atoms with Gasteiger partial charge in [0.05, 0.1) is 18.2 Å². The predicted molar refractivity (Wildman–Crippen MR) is 127 cm³/mol. The largest absolute Gasteiger partial charge is 0.507 e. The van der Waals surface area contributed by atoms with Crippen LogP contribution in [-0.2, 0) is 20.0 Å². The Kier molecular flexibility index (Phi) is 6.33. The Labute approximate surface area is 195 Å². The molecule has 0 spiro atoms. The Hall–Kier alpha value is -3.84. The van der Waals surface area contributed by atoms with E-state index in [9.17, 15) is 14.7 Å². The minimum absolute atomic E-state index is 0.137. The van der Waals surface area contributed by atoms with Crippen molar-refractivity contribution in [1.29, 1.82) is 0 Å².